The molecule has 0 bridgehead atoms. The topological polar surface area (TPSA) is 133 Å². The van der Waals surface area contributed by atoms with Crippen LogP contribution in [0.5, 0.6) is 0 Å². The third-order valence-electron chi connectivity index (χ3n) is 10.5. The van der Waals surface area contributed by atoms with Crippen LogP contribution < -0.4 is 104 Å². The Morgan fingerprint density at radius 3 is 2.23 bits per heavy atom. The summed E-state index contributed by atoms with van der Waals surface area (Å²) in [5.74, 6) is 0.325. The minimum atomic E-state index is -5.13. The molecule has 0 amide bonds. The fourth-order valence-corrected chi connectivity index (χ4v) is 9.53. The summed E-state index contributed by atoms with van der Waals surface area (Å²) in [6.45, 7) is 6.74. The molecule has 4 fully saturated rings. The Kier molecular flexibility index (Phi) is 13.7. The normalized spacial score (nSPS) is 43.2. The number of phosphoric ester groups is 1. The summed E-state index contributed by atoms with van der Waals surface area (Å²) in [4.78, 5) is 34.4. The molecule has 0 radical (unpaired) electrons. The Hall–Kier alpha value is 2.54. The number of fused-ring (bicyclic) bond motifs is 5. The number of phosphoric acid groups is 1. The first-order valence-electron chi connectivity index (χ1n) is 12.4. The number of aliphatic hydroxyl groups is 1. The van der Waals surface area contributed by atoms with Crippen molar-refractivity contribution in [2.75, 3.05) is 0 Å². The molecule has 0 aromatic rings. The summed E-state index contributed by atoms with van der Waals surface area (Å²) in [5, 5.41) is 21.3. The van der Waals surface area contributed by atoms with Crippen LogP contribution in [0.15, 0.2) is 0 Å². The number of hydrogen-bond donors (Lipinski definition) is 1. The summed E-state index contributed by atoms with van der Waals surface area (Å²) >= 11 is 0. The maximum atomic E-state index is 11.7. The Balaban J connectivity index is 0.00000204. The predicted molar refractivity (Wildman–Crippen MR) is 112 cm³/mol. The van der Waals surface area contributed by atoms with E-state index in [2.05, 4.69) is 20.8 Å². The van der Waals surface area contributed by atoms with Crippen LogP contribution >= 0.6 is 7.82 Å². The van der Waals surface area contributed by atoms with Gasteiger partial charge in [0.05, 0.1) is 20.0 Å². The molecule has 4 aliphatic carbocycles. The molecule has 35 heavy (non-hydrogen) atoms. The number of aliphatic carboxylic acids is 1. The maximum Gasteiger partial charge on any atom is 1.00 e. The number of hydrogen-bond acceptors (Lipinski definition) is 7. The van der Waals surface area contributed by atoms with Gasteiger partial charge >= 0.3 is 88.7 Å². The van der Waals surface area contributed by atoms with E-state index in [1.807, 2.05) is 0 Å². The average molecular weight is 539 g/mol. The van der Waals surface area contributed by atoms with Gasteiger partial charge < -0.3 is 33.9 Å². The number of carboxylic acid groups (broad SMARTS) is 1. The van der Waals surface area contributed by atoms with Crippen LogP contribution in [0.2, 0.25) is 0 Å². The van der Waals surface area contributed by atoms with Gasteiger partial charge in [-0.15, -0.1) is 0 Å². The van der Waals surface area contributed by atoms with Crippen LogP contribution in [0, 0.1) is 46.3 Å². The largest absolute Gasteiger partial charge is 1.00 e. The third-order valence-corrected chi connectivity index (χ3v) is 11.0. The Morgan fingerprint density at radius 2 is 1.63 bits per heavy atom. The fraction of sp³-hybridized carbons (Fsp3) is 0.958. The van der Waals surface area contributed by atoms with Gasteiger partial charge in [-0.25, -0.2) is 0 Å². The first-order chi connectivity index (χ1) is 14.8. The van der Waals surface area contributed by atoms with Gasteiger partial charge in [-0.1, -0.05) is 20.8 Å². The van der Waals surface area contributed by atoms with Crippen molar-refractivity contribution in [1.29, 1.82) is 0 Å². The quantitative estimate of drug-likeness (QED) is 0.263. The number of carboxylic acids is 1. The average Bonchev–Trinajstić information content (AvgIpc) is 3.03. The van der Waals surface area contributed by atoms with E-state index in [9.17, 15) is 29.4 Å². The smallest absolute Gasteiger partial charge is 0.790 e. The summed E-state index contributed by atoms with van der Waals surface area (Å²) in [5.41, 5.74) is 0.0147. The van der Waals surface area contributed by atoms with Crippen molar-refractivity contribution in [2.45, 2.75) is 97.2 Å². The van der Waals surface area contributed by atoms with E-state index in [-0.39, 0.29) is 142 Å². The monoisotopic (exact) mass is 538 g/mol. The van der Waals surface area contributed by atoms with Crippen molar-refractivity contribution < 1.29 is 123 Å². The molecule has 0 aromatic heterocycles. The zero-order chi connectivity index (χ0) is 23.5. The van der Waals surface area contributed by atoms with Crippen LogP contribution in [0.25, 0.3) is 0 Å². The molecular formula is C24H38Na3O7P. The molecule has 0 spiro atoms. The van der Waals surface area contributed by atoms with Crippen LogP contribution in [-0.2, 0) is 13.9 Å². The van der Waals surface area contributed by atoms with Gasteiger partial charge in [0.2, 0.25) is 0 Å². The summed E-state index contributed by atoms with van der Waals surface area (Å²) in [6.07, 6.45) is 6.48. The van der Waals surface area contributed by atoms with E-state index in [1.54, 1.807) is 0 Å². The van der Waals surface area contributed by atoms with Crippen LogP contribution in [0.1, 0.15) is 85.0 Å². The number of carbonyl (C=O) groups excluding carboxylic acids is 1. The molecule has 4 saturated carbocycles. The molecule has 11 heteroatoms. The standard InChI is InChI=1S/C24H41O7P.3Na/c1-14(4-7-21(26)27)17-5-6-18-22-19(9-11-24(17,18)3)23(2)10-8-16(25)12-15(23)13-20(22)31-32(28,29)30;;;/h14-20,22,25H,4-13H2,1-3H3,(H,26,27)(H2,28,29,30);;;/q;3*+1/p-3/t14-,15+,16-,17-,18+,19+,20+,22+,23+,24-;;;/m1.../s1. The van der Waals surface area contributed by atoms with Gasteiger partial charge in [-0.3, -0.25) is 0 Å². The third kappa shape index (κ3) is 7.25. The molecule has 10 atom stereocenters. The first kappa shape index (κ1) is 35.6. The molecule has 0 unspecified atom stereocenters. The van der Waals surface area contributed by atoms with Crippen LogP contribution in [0.3, 0.4) is 0 Å². The molecular weight excluding hydrogens is 500 g/mol. The molecule has 4 rings (SSSR count). The van der Waals surface area contributed by atoms with E-state index in [1.165, 1.54) is 0 Å². The summed E-state index contributed by atoms with van der Waals surface area (Å²) < 4.78 is 17.0. The van der Waals surface area contributed by atoms with Crippen molar-refractivity contribution in [3.63, 3.8) is 0 Å². The van der Waals surface area contributed by atoms with Gasteiger partial charge in [0.25, 0.3) is 0 Å². The first-order valence-corrected chi connectivity index (χ1v) is 13.9. The van der Waals surface area contributed by atoms with Gasteiger partial charge in [0.1, 0.15) is 0 Å². The van der Waals surface area contributed by atoms with E-state index in [0.29, 0.717) is 25.2 Å². The molecule has 7 nitrogen and oxygen atoms in total. The predicted octanol–water partition coefficient (Wildman–Crippen LogP) is -6.99. The Morgan fingerprint density at radius 1 is 1.03 bits per heavy atom. The van der Waals surface area contributed by atoms with Gasteiger partial charge in [0.15, 0.2) is 0 Å². The second-order valence-electron chi connectivity index (χ2n) is 11.9. The van der Waals surface area contributed by atoms with Crippen molar-refractivity contribution in [3.05, 3.63) is 0 Å². The van der Waals surface area contributed by atoms with Gasteiger partial charge in [-0.05, 0) is 111 Å². The molecule has 0 heterocycles. The zero-order valence-corrected chi connectivity index (χ0v) is 29.4. The number of carbonyl (C=O) groups is 1. The molecule has 0 aliphatic heterocycles. The van der Waals surface area contributed by atoms with Gasteiger partial charge in [-0.2, -0.15) is 0 Å². The Bertz CT molecular complexity index is 782. The minimum absolute atomic E-state index is 0. The minimum Gasteiger partial charge on any atom is -0.790 e. The van der Waals surface area contributed by atoms with Crippen LogP contribution in [0.4, 0.5) is 0 Å². The number of aliphatic hydroxyl groups excluding tert-OH is 1. The van der Waals surface area contributed by atoms with Crippen molar-refractivity contribution in [3.8, 4) is 0 Å². The van der Waals surface area contributed by atoms with Crippen molar-refractivity contribution in [1.82, 2.24) is 0 Å². The van der Waals surface area contributed by atoms with E-state index < -0.39 is 19.9 Å². The second-order valence-corrected chi connectivity index (χ2v) is 13.0. The zero-order valence-electron chi connectivity index (χ0n) is 22.5. The van der Waals surface area contributed by atoms with E-state index in [0.717, 1.165) is 38.5 Å². The molecule has 184 valence electrons. The van der Waals surface area contributed by atoms with Gasteiger partial charge in [0, 0.05) is 5.97 Å². The summed E-state index contributed by atoms with van der Waals surface area (Å²) in [6, 6.07) is 0. The Labute approximate surface area is 276 Å². The maximum absolute atomic E-state index is 11.7. The molecule has 0 saturated heterocycles. The SMILES string of the molecule is C[C@H](CCC(=O)[O-])[C@H]1CC[C@H]2[C@@H]3[C@@H](OP(=O)([O-])[O-])C[C@@H]4C[C@H](O)CC[C@]4(C)[C@H]3CC[C@]12C.[Na+].[Na+].[Na+]. The van der Waals surface area contributed by atoms with Crippen molar-refractivity contribution >= 4 is 13.8 Å². The fourth-order valence-electron chi connectivity index (χ4n) is 8.97. The van der Waals surface area contributed by atoms with E-state index in [4.69, 9.17) is 4.52 Å². The van der Waals surface area contributed by atoms with Crippen LogP contribution in [-0.4, -0.2) is 23.3 Å². The molecule has 4 aliphatic rings. The van der Waals surface area contributed by atoms with Crippen molar-refractivity contribution in [2.24, 2.45) is 46.3 Å². The molecule has 1 N–H and O–H groups in total. The summed E-state index contributed by atoms with van der Waals surface area (Å²) in [7, 11) is -5.13. The second kappa shape index (κ2) is 13.5. The van der Waals surface area contributed by atoms with E-state index >= 15 is 0 Å². The number of rotatable bonds is 6. The molecule has 0 aromatic carbocycles.